The van der Waals surface area contributed by atoms with Gasteiger partial charge in [0.05, 0.1) is 11.4 Å². The monoisotopic (exact) mass is 314 g/mol. The number of allylic oxidation sites excluding steroid dienone is 5. The molecule has 22 heavy (non-hydrogen) atoms. The highest BCUT2D eigenvalue weighted by Gasteiger charge is 2.18. The van der Waals surface area contributed by atoms with Gasteiger partial charge in [0, 0.05) is 12.5 Å². The van der Waals surface area contributed by atoms with E-state index in [-0.39, 0.29) is 12.1 Å². The Morgan fingerprint density at radius 1 is 1.05 bits per heavy atom. The van der Waals surface area contributed by atoms with E-state index in [1.807, 2.05) is 13.8 Å². The first-order valence-corrected chi connectivity index (χ1v) is 6.83. The summed E-state index contributed by atoms with van der Waals surface area (Å²) in [5.41, 5.74) is 4.86. The highest BCUT2D eigenvalue weighted by atomic mass is 19.2. The fourth-order valence-electron chi connectivity index (χ4n) is 1.71. The molecule has 0 fully saturated rings. The van der Waals surface area contributed by atoms with Crippen LogP contribution in [-0.4, -0.2) is 0 Å². The van der Waals surface area contributed by atoms with Crippen molar-refractivity contribution in [1.29, 1.82) is 0 Å². The van der Waals surface area contributed by atoms with E-state index in [2.05, 4.69) is 5.32 Å². The van der Waals surface area contributed by atoms with E-state index in [1.165, 1.54) is 6.08 Å². The molecule has 0 aliphatic heterocycles. The van der Waals surface area contributed by atoms with Gasteiger partial charge >= 0.3 is 0 Å². The molecule has 0 amide bonds. The average molecular weight is 314 g/mol. The van der Waals surface area contributed by atoms with Crippen LogP contribution in [-0.2, 0) is 0 Å². The number of benzene rings is 1. The third kappa shape index (κ3) is 3.90. The summed E-state index contributed by atoms with van der Waals surface area (Å²) >= 11 is 0. The van der Waals surface area contributed by atoms with Crippen molar-refractivity contribution in [2.24, 2.45) is 0 Å². The largest absolute Gasteiger partial charge is 0.395 e. The Kier molecular flexibility index (Phi) is 6.22. The lowest BCUT2D eigenvalue weighted by Crippen LogP contribution is -2.08. The second-order valence-electron chi connectivity index (χ2n) is 4.37. The van der Waals surface area contributed by atoms with Crippen LogP contribution in [0.25, 0.3) is 0 Å². The van der Waals surface area contributed by atoms with Crippen LogP contribution in [0.3, 0.4) is 0 Å². The minimum atomic E-state index is -1.40. The summed E-state index contributed by atoms with van der Waals surface area (Å²) in [5, 5.41) is 2.31. The highest BCUT2D eigenvalue weighted by molar-refractivity contribution is 5.70. The molecule has 2 rings (SSSR count). The van der Waals surface area contributed by atoms with Gasteiger partial charge in [0.1, 0.15) is 11.5 Å². The number of halogens is 4. The molecule has 1 aromatic carbocycles. The molecule has 0 saturated heterocycles. The number of nitrogens with one attached hydrogen (secondary N) is 1. The number of rotatable bonds is 2. The molecule has 1 aliphatic carbocycles. The Balaban J connectivity index is 0.00000116. The summed E-state index contributed by atoms with van der Waals surface area (Å²) in [6, 6.07) is 0.342. The van der Waals surface area contributed by atoms with Crippen molar-refractivity contribution in [3.05, 3.63) is 58.8 Å². The summed E-state index contributed by atoms with van der Waals surface area (Å²) < 4.78 is 53.9. The topological polar surface area (TPSA) is 38.0 Å². The summed E-state index contributed by atoms with van der Waals surface area (Å²) in [5.74, 6) is -4.44. The lowest BCUT2D eigenvalue weighted by Gasteiger charge is -2.13. The number of hydrogen-bond donors (Lipinski definition) is 2. The number of nitrogen functional groups attached to an aromatic ring is 1. The third-order valence-electron chi connectivity index (χ3n) is 2.88. The Labute approximate surface area is 127 Å². The van der Waals surface area contributed by atoms with E-state index in [0.29, 0.717) is 6.07 Å². The van der Waals surface area contributed by atoms with Gasteiger partial charge in [-0.2, -0.15) is 0 Å². The minimum Gasteiger partial charge on any atom is -0.395 e. The lowest BCUT2D eigenvalue weighted by atomic mass is 10.2. The molecule has 0 aromatic heterocycles. The zero-order chi connectivity index (χ0) is 16.9. The maximum atomic E-state index is 13.8. The van der Waals surface area contributed by atoms with Crippen LogP contribution in [0.5, 0.6) is 0 Å². The Morgan fingerprint density at radius 3 is 2.32 bits per heavy atom. The van der Waals surface area contributed by atoms with E-state index >= 15 is 0 Å². The maximum Gasteiger partial charge on any atom is 0.184 e. The molecule has 1 aliphatic rings. The predicted molar refractivity (Wildman–Crippen MR) is 81.3 cm³/mol. The van der Waals surface area contributed by atoms with Crippen molar-refractivity contribution in [1.82, 2.24) is 0 Å². The molecule has 2 nitrogen and oxygen atoms in total. The van der Waals surface area contributed by atoms with Gasteiger partial charge in [-0.1, -0.05) is 31.6 Å². The molecule has 0 unspecified atom stereocenters. The van der Waals surface area contributed by atoms with Crippen molar-refractivity contribution in [3.63, 3.8) is 0 Å². The van der Waals surface area contributed by atoms with Gasteiger partial charge in [-0.25, -0.2) is 17.6 Å². The normalized spacial score (nSPS) is 14.0. The smallest absolute Gasteiger partial charge is 0.184 e. The molecule has 0 bridgehead atoms. The van der Waals surface area contributed by atoms with Crippen molar-refractivity contribution in [2.45, 2.75) is 27.2 Å². The van der Waals surface area contributed by atoms with Crippen molar-refractivity contribution in [3.8, 4) is 0 Å². The summed E-state index contributed by atoms with van der Waals surface area (Å²) in [4.78, 5) is 0. The molecule has 0 heterocycles. The van der Waals surface area contributed by atoms with Gasteiger partial charge in [0.25, 0.3) is 0 Å². The molecular formula is C16H18F4N2. The van der Waals surface area contributed by atoms with Gasteiger partial charge in [0.15, 0.2) is 17.5 Å². The van der Waals surface area contributed by atoms with Gasteiger partial charge in [0.2, 0.25) is 0 Å². The fourth-order valence-corrected chi connectivity index (χ4v) is 1.71. The first kappa shape index (κ1) is 17.8. The van der Waals surface area contributed by atoms with Crippen molar-refractivity contribution in [2.75, 3.05) is 11.1 Å². The maximum absolute atomic E-state index is 13.8. The molecular weight excluding hydrogens is 296 g/mol. The number of hydrogen-bond acceptors (Lipinski definition) is 2. The summed E-state index contributed by atoms with van der Waals surface area (Å²) in [6.07, 6.45) is 4.58. The fraction of sp³-hybridized carbons (Fsp3) is 0.250. The van der Waals surface area contributed by atoms with Crippen molar-refractivity contribution >= 4 is 11.4 Å². The van der Waals surface area contributed by atoms with Crippen LogP contribution in [0.15, 0.2) is 41.4 Å². The standard InChI is InChI=1S/C14H12F4N2.C2H6/c1-7-2-4-8(15)11(5-3-7)20-14-12(18)9(16)6-10(17)13(14)19;1-2/h2-3,5-6,20H,4,19H2,1H3;1-2H3. The first-order valence-electron chi connectivity index (χ1n) is 6.83. The highest BCUT2D eigenvalue weighted by Crippen LogP contribution is 2.30. The molecule has 0 radical (unpaired) electrons. The van der Waals surface area contributed by atoms with E-state index in [1.54, 1.807) is 19.1 Å². The summed E-state index contributed by atoms with van der Waals surface area (Å²) in [7, 11) is 0. The van der Waals surface area contributed by atoms with Crippen LogP contribution in [0, 0.1) is 17.5 Å². The van der Waals surface area contributed by atoms with Crippen LogP contribution in [0.2, 0.25) is 0 Å². The van der Waals surface area contributed by atoms with E-state index < -0.39 is 34.7 Å². The zero-order valence-corrected chi connectivity index (χ0v) is 12.6. The van der Waals surface area contributed by atoms with Crippen LogP contribution in [0.4, 0.5) is 28.9 Å². The molecule has 0 saturated carbocycles. The average Bonchev–Trinajstić information content (AvgIpc) is 2.66. The molecule has 3 N–H and O–H groups in total. The van der Waals surface area contributed by atoms with Crippen molar-refractivity contribution < 1.29 is 17.6 Å². The van der Waals surface area contributed by atoms with Gasteiger partial charge in [-0.05, 0) is 13.0 Å². The van der Waals surface area contributed by atoms with Crippen LogP contribution < -0.4 is 11.1 Å². The summed E-state index contributed by atoms with van der Waals surface area (Å²) in [6.45, 7) is 5.77. The van der Waals surface area contributed by atoms with E-state index in [4.69, 9.17) is 5.73 Å². The zero-order valence-electron chi connectivity index (χ0n) is 12.6. The van der Waals surface area contributed by atoms with Gasteiger partial charge < -0.3 is 11.1 Å². The molecule has 0 atom stereocenters. The van der Waals surface area contributed by atoms with Gasteiger partial charge in [-0.3, -0.25) is 0 Å². The first-order chi connectivity index (χ1) is 10.4. The Hall–Kier alpha value is -2.24. The third-order valence-corrected chi connectivity index (χ3v) is 2.88. The molecule has 1 aromatic rings. The van der Waals surface area contributed by atoms with Crippen LogP contribution in [0.1, 0.15) is 27.2 Å². The SMILES string of the molecule is CC.CC1=CCC(F)=C(Nc2c(N)c(F)cc(F)c2F)C=C1. The predicted octanol–water partition coefficient (Wildman–Crippen LogP) is 5.21. The van der Waals surface area contributed by atoms with Crippen LogP contribution >= 0.6 is 0 Å². The molecule has 0 spiro atoms. The van der Waals surface area contributed by atoms with E-state index in [9.17, 15) is 17.6 Å². The number of anilines is 2. The molecule has 120 valence electrons. The minimum absolute atomic E-state index is 0.000484. The second kappa shape index (κ2) is 7.68. The lowest BCUT2D eigenvalue weighted by molar-refractivity contribution is 0.499. The quantitative estimate of drug-likeness (QED) is 0.447. The Bertz CT molecular complexity index is 620. The van der Waals surface area contributed by atoms with Gasteiger partial charge in [-0.15, -0.1) is 0 Å². The Morgan fingerprint density at radius 2 is 1.68 bits per heavy atom. The second-order valence-corrected chi connectivity index (χ2v) is 4.37. The molecule has 6 heteroatoms. The van der Waals surface area contributed by atoms with E-state index in [0.717, 1.165) is 5.57 Å². The number of nitrogens with two attached hydrogens (primary N) is 1.